The molecule has 1 aromatic carbocycles. The van der Waals surface area contributed by atoms with E-state index in [2.05, 4.69) is 11.4 Å². The van der Waals surface area contributed by atoms with Crippen molar-refractivity contribution in [2.75, 3.05) is 11.9 Å². The number of fused-ring (bicyclic) bond motifs is 1. The minimum atomic E-state index is -0.119. The van der Waals surface area contributed by atoms with Crippen LogP contribution in [0, 0.1) is 6.07 Å². The van der Waals surface area contributed by atoms with E-state index in [-0.39, 0.29) is 12.0 Å². The molecule has 3 nitrogen and oxygen atoms in total. The number of anilines is 1. The Morgan fingerprint density at radius 2 is 2.56 bits per heavy atom. The van der Waals surface area contributed by atoms with Crippen LogP contribution in [0.15, 0.2) is 18.2 Å². The van der Waals surface area contributed by atoms with Crippen LogP contribution in [-0.4, -0.2) is 18.6 Å². The van der Waals surface area contributed by atoms with E-state index in [0.717, 1.165) is 18.5 Å². The molecule has 0 fully saturated rings. The smallest absolute Gasteiger partial charge is 0.307 e. The molecule has 0 bridgehead atoms. The van der Waals surface area contributed by atoms with E-state index in [1.165, 1.54) is 5.56 Å². The first-order chi connectivity index (χ1) is 7.79. The number of ether oxygens (including phenoxy) is 1. The molecule has 1 N–H and O–H groups in total. The molecule has 0 saturated heterocycles. The fourth-order valence-electron chi connectivity index (χ4n) is 2.01. The Morgan fingerprint density at radius 3 is 3.38 bits per heavy atom. The average molecular weight is 218 g/mol. The second kappa shape index (κ2) is 5.01. The maximum atomic E-state index is 11.4. The minimum absolute atomic E-state index is 0.119. The quantitative estimate of drug-likeness (QED) is 0.790. The Morgan fingerprint density at radius 1 is 1.69 bits per heavy atom. The maximum absolute atomic E-state index is 11.4. The lowest BCUT2D eigenvalue weighted by Gasteiger charge is -2.26. The Bertz CT molecular complexity index is 376. The summed E-state index contributed by atoms with van der Waals surface area (Å²) in [5.41, 5.74) is 2.40. The summed E-state index contributed by atoms with van der Waals surface area (Å²) < 4.78 is 4.95. The van der Waals surface area contributed by atoms with E-state index < -0.39 is 0 Å². The molecule has 1 aliphatic rings. The molecule has 1 aromatic rings. The van der Waals surface area contributed by atoms with Gasteiger partial charge in [-0.15, -0.1) is 0 Å². The van der Waals surface area contributed by atoms with Crippen LogP contribution in [0.5, 0.6) is 0 Å². The second-order valence-corrected chi connectivity index (χ2v) is 3.97. The van der Waals surface area contributed by atoms with Crippen molar-refractivity contribution >= 4 is 11.7 Å². The molecule has 2 rings (SSSR count). The highest BCUT2D eigenvalue weighted by Crippen LogP contribution is 2.25. The van der Waals surface area contributed by atoms with E-state index >= 15 is 0 Å². The van der Waals surface area contributed by atoms with Crippen LogP contribution in [0.1, 0.15) is 25.3 Å². The summed E-state index contributed by atoms with van der Waals surface area (Å²) in [6.45, 7) is 2.29. The first kappa shape index (κ1) is 11.0. The molecule has 16 heavy (non-hydrogen) atoms. The van der Waals surface area contributed by atoms with E-state index in [9.17, 15) is 4.79 Å². The normalized spacial score (nSPS) is 18.4. The summed E-state index contributed by atoms with van der Waals surface area (Å²) in [6, 6.07) is 9.16. The third-order valence-electron chi connectivity index (χ3n) is 2.79. The third kappa shape index (κ3) is 2.54. The minimum Gasteiger partial charge on any atom is -0.466 e. The van der Waals surface area contributed by atoms with Crippen molar-refractivity contribution in [3.05, 3.63) is 29.8 Å². The summed E-state index contributed by atoms with van der Waals surface area (Å²) in [5.74, 6) is -0.119. The molecule has 1 atom stereocenters. The Hall–Kier alpha value is -1.51. The number of aryl methyl sites for hydroxylation is 1. The molecule has 0 amide bonds. The number of nitrogens with one attached hydrogen (secondary N) is 1. The molecule has 1 aliphatic heterocycles. The van der Waals surface area contributed by atoms with Gasteiger partial charge >= 0.3 is 5.97 Å². The van der Waals surface area contributed by atoms with Gasteiger partial charge in [-0.05, 0) is 43.5 Å². The summed E-state index contributed by atoms with van der Waals surface area (Å²) in [7, 11) is 0. The molecule has 1 heterocycles. The molecular formula is C13H16NO2. The van der Waals surface area contributed by atoms with Gasteiger partial charge in [-0.3, -0.25) is 4.79 Å². The van der Waals surface area contributed by atoms with Gasteiger partial charge in [0.25, 0.3) is 0 Å². The summed E-state index contributed by atoms with van der Waals surface area (Å²) >= 11 is 0. The Labute approximate surface area is 95.8 Å². The number of hydrogen-bond donors (Lipinski definition) is 1. The van der Waals surface area contributed by atoms with Gasteiger partial charge in [-0.1, -0.05) is 6.07 Å². The largest absolute Gasteiger partial charge is 0.466 e. The van der Waals surface area contributed by atoms with Crippen molar-refractivity contribution < 1.29 is 9.53 Å². The number of hydrogen-bond acceptors (Lipinski definition) is 3. The summed E-state index contributed by atoms with van der Waals surface area (Å²) in [5, 5.41) is 3.37. The van der Waals surface area contributed by atoms with Crippen LogP contribution < -0.4 is 5.32 Å². The first-order valence-electron chi connectivity index (χ1n) is 5.70. The number of benzene rings is 1. The van der Waals surface area contributed by atoms with E-state index in [1.54, 1.807) is 0 Å². The molecule has 85 valence electrons. The summed E-state index contributed by atoms with van der Waals surface area (Å²) in [4.78, 5) is 11.4. The predicted molar refractivity (Wildman–Crippen MR) is 62.3 cm³/mol. The van der Waals surface area contributed by atoms with Crippen molar-refractivity contribution in [3.8, 4) is 0 Å². The van der Waals surface area contributed by atoms with Gasteiger partial charge in [0, 0.05) is 11.7 Å². The highest BCUT2D eigenvalue weighted by Gasteiger charge is 2.20. The van der Waals surface area contributed by atoms with Crippen LogP contribution in [0.3, 0.4) is 0 Å². The SMILES string of the molecule is CCOC(=O)CC1CCc2c[c]ccc2N1. The van der Waals surface area contributed by atoms with Crippen LogP contribution in [0.25, 0.3) is 0 Å². The van der Waals surface area contributed by atoms with Crippen LogP contribution in [0.4, 0.5) is 5.69 Å². The first-order valence-corrected chi connectivity index (χ1v) is 5.70. The molecule has 0 aromatic heterocycles. The van der Waals surface area contributed by atoms with Crippen molar-refractivity contribution in [2.24, 2.45) is 0 Å². The lowest BCUT2D eigenvalue weighted by molar-refractivity contribution is -0.143. The molecule has 0 saturated carbocycles. The molecule has 1 radical (unpaired) electrons. The van der Waals surface area contributed by atoms with E-state index in [0.29, 0.717) is 13.0 Å². The molecule has 1 unspecified atom stereocenters. The topological polar surface area (TPSA) is 38.3 Å². The highest BCUT2D eigenvalue weighted by atomic mass is 16.5. The lowest BCUT2D eigenvalue weighted by atomic mass is 9.96. The van der Waals surface area contributed by atoms with E-state index in [4.69, 9.17) is 4.74 Å². The standard InChI is InChI=1S/C13H16NO2/c1-2-16-13(15)9-11-8-7-10-5-3-4-6-12(10)14-11/h4-6,11,14H,2,7-9H2,1H3. The fraction of sp³-hybridized carbons (Fsp3) is 0.462. The molecule has 0 spiro atoms. The van der Waals surface area contributed by atoms with Crippen molar-refractivity contribution in [3.63, 3.8) is 0 Å². The number of rotatable bonds is 3. The van der Waals surface area contributed by atoms with Crippen molar-refractivity contribution in [2.45, 2.75) is 32.2 Å². The highest BCUT2D eigenvalue weighted by molar-refractivity contribution is 5.71. The van der Waals surface area contributed by atoms with Gasteiger partial charge < -0.3 is 10.1 Å². The monoisotopic (exact) mass is 218 g/mol. The van der Waals surface area contributed by atoms with Crippen LogP contribution >= 0.6 is 0 Å². The average Bonchev–Trinajstić information content (AvgIpc) is 2.29. The molecular weight excluding hydrogens is 202 g/mol. The molecule has 0 aliphatic carbocycles. The number of esters is 1. The fourth-order valence-corrected chi connectivity index (χ4v) is 2.01. The number of carbonyl (C=O) groups excluding carboxylic acids is 1. The van der Waals surface area contributed by atoms with Gasteiger partial charge in [-0.2, -0.15) is 0 Å². The Kier molecular flexibility index (Phi) is 3.44. The second-order valence-electron chi connectivity index (χ2n) is 3.97. The molecule has 3 heteroatoms. The van der Waals surface area contributed by atoms with Gasteiger partial charge in [0.1, 0.15) is 0 Å². The zero-order valence-electron chi connectivity index (χ0n) is 9.45. The zero-order chi connectivity index (χ0) is 11.4. The van der Waals surface area contributed by atoms with Crippen molar-refractivity contribution in [1.29, 1.82) is 0 Å². The van der Waals surface area contributed by atoms with Crippen LogP contribution in [0.2, 0.25) is 0 Å². The summed E-state index contributed by atoms with van der Waals surface area (Å²) in [6.07, 6.45) is 2.43. The maximum Gasteiger partial charge on any atom is 0.307 e. The van der Waals surface area contributed by atoms with Gasteiger partial charge in [0.15, 0.2) is 0 Å². The zero-order valence-corrected chi connectivity index (χ0v) is 9.45. The van der Waals surface area contributed by atoms with Gasteiger partial charge in [0.2, 0.25) is 0 Å². The lowest BCUT2D eigenvalue weighted by Crippen LogP contribution is -2.28. The Balaban J connectivity index is 1.95. The third-order valence-corrected chi connectivity index (χ3v) is 2.79. The predicted octanol–water partition coefficient (Wildman–Crippen LogP) is 2.17. The van der Waals surface area contributed by atoms with Gasteiger partial charge in [-0.25, -0.2) is 0 Å². The van der Waals surface area contributed by atoms with Crippen LogP contribution in [-0.2, 0) is 16.0 Å². The van der Waals surface area contributed by atoms with E-state index in [1.807, 2.05) is 25.1 Å². The van der Waals surface area contributed by atoms with Crippen molar-refractivity contribution in [1.82, 2.24) is 0 Å². The van der Waals surface area contributed by atoms with Gasteiger partial charge in [0.05, 0.1) is 13.0 Å². The number of carbonyl (C=O) groups is 1.